The number of ketones is 1. The molecule has 0 fully saturated rings. The van der Waals surface area contributed by atoms with Gasteiger partial charge in [-0.05, 0) is 44.0 Å². The van der Waals surface area contributed by atoms with E-state index >= 15 is 0 Å². The third kappa shape index (κ3) is 2.19. The fourth-order valence-electron chi connectivity index (χ4n) is 2.26. The molecular weight excluding hydrogens is 258 g/mol. The quantitative estimate of drug-likeness (QED) is 0.675. The SMILES string of the molecule is CN1C(=O)CCc2cc(C(=O)C(C)(C)C(=O)O)ccc21. The molecule has 2 rings (SSSR count). The Balaban J connectivity index is 2.40. The molecule has 1 aliphatic rings. The number of Topliss-reactive ketones (excluding diaryl/α,β-unsaturated/α-hetero) is 1. The molecule has 0 aliphatic carbocycles. The Labute approximate surface area is 117 Å². The van der Waals surface area contributed by atoms with Gasteiger partial charge in [0.15, 0.2) is 5.78 Å². The first-order valence-electron chi connectivity index (χ1n) is 6.43. The summed E-state index contributed by atoms with van der Waals surface area (Å²) >= 11 is 0. The number of aliphatic carboxylic acids is 1. The van der Waals surface area contributed by atoms with E-state index in [2.05, 4.69) is 0 Å². The van der Waals surface area contributed by atoms with E-state index in [1.807, 2.05) is 0 Å². The molecule has 1 aromatic rings. The van der Waals surface area contributed by atoms with Crippen LogP contribution in [-0.2, 0) is 16.0 Å². The smallest absolute Gasteiger partial charge is 0.316 e. The lowest BCUT2D eigenvalue weighted by atomic mass is 9.83. The van der Waals surface area contributed by atoms with Crippen molar-refractivity contribution in [3.63, 3.8) is 0 Å². The van der Waals surface area contributed by atoms with Crippen molar-refractivity contribution in [2.45, 2.75) is 26.7 Å². The van der Waals surface area contributed by atoms with Crippen LogP contribution in [-0.4, -0.2) is 29.8 Å². The number of hydrogen-bond acceptors (Lipinski definition) is 3. The molecule has 1 aromatic carbocycles. The number of carboxylic acid groups (broad SMARTS) is 1. The van der Waals surface area contributed by atoms with Gasteiger partial charge in [-0.2, -0.15) is 0 Å². The Bertz CT molecular complexity index is 604. The Morgan fingerprint density at radius 3 is 2.50 bits per heavy atom. The average molecular weight is 275 g/mol. The van der Waals surface area contributed by atoms with Gasteiger partial charge in [0.2, 0.25) is 5.91 Å². The van der Waals surface area contributed by atoms with Gasteiger partial charge in [-0.25, -0.2) is 0 Å². The van der Waals surface area contributed by atoms with E-state index in [9.17, 15) is 14.4 Å². The van der Waals surface area contributed by atoms with Gasteiger partial charge >= 0.3 is 5.97 Å². The van der Waals surface area contributed by atoms with E-state index in [4.69, 9.17) is 5.11 Å². The number of carboxylic acids is 1. The number of anilines is 1. The van der Waals surface area contributed by atoms with E-state index in [-0.39, 0.29) is 5.91 Å². The molecule has 0 atom stereocenters. The number of hydrogen-bond donors (Lipinski definition) is 1. The van der Waals surface area contributed by atoms with Crippen molar-refractivity contribution in [3.05, 3.63) is 29.3 Å². The molecule has 0 saturated carbocycles. The van der Waals surface area contributed by atoms with Crippen LogP contribution in [0.3, 0.4) is 0 Å². The van der Waals surface area contributed by atoms with Crippen LogP contribution in [0.25, 0.3) is 0 Å². The minimum Gasteiger partial charge on any atom is -0.481 e. The van der Waals surface area contributed by atoms with Gasteiger partial charge in [-0.15, -0.1) is 0 Å². The summed E-state index contributed by atoms with van der Waals surface area (Å²) in [7, 11) is 1.70. The van der Waals surface area contributed by atoms with Gasteiger partial charge in [0.1, 0.15) is 5.41 Å². The highest BCUT2D eigenvalue weighted by molar-refractivity contribution is 6.11. The molecular formula is C15H17NO4. The molecule has 5 heteroatoms. The molecule has 0 spiro atoms. The van der Waals surface area contributed by atoms with Crippen molar-refractivity contribution < 1.29 is 19.5 Å². The van der Waals surface area contributed by atoms with Gasteiger partial charge in [0, 0.05) is 24.7 Å². The first-order valence-corrected chi connectivity index (χ1v) is 6.43. The normalized spacial score (nSPS) is 14.9. The minimum absolute atomic E-state index is 0.0439. The fraction of sp³-hybridized carbons (Fsp3) is 0.400. The minimum atomic E-state index is -1.45. The fourth-order valence-corrected chi connectivity index (χ4v) is 2.26. The Kier molecular flexibility index (Phi) is 3.38. The lowest BCUT2D eigenvalue weighted by molar-refractivity contribution is -0.144. The van der Waals surface area contributed by atoms with Crippen molar-refractivity contribution in [1.29, 1.82) is 0 Å². The van der Waals surface area contributed by atoms with Gasteiger partial charge < -0.3 is 10.0 Å². The van der Waals surface area contributed by atoms with E-state index < -0.39 is 17.2 Å². The van der Waals surface area contributed by atoms with Gasteiger partial charge in [0.05, 0.1) is 0 Å². The first-order chi connectivity index (χ1) is 9.25. The molecule has 1 heterocycles. The second-order valence-corrected chi connectivity index (χ2v) is 5.56. The van der Waals surface area contributed by atoms with Crippen LogP contribution in [0, 0.1) is 5.41 Å². The largest absolute Gasteiger partial charge is 0.481 e. The molecule has 5 nitrogen and oxygen atoms in total. The summed E-state index contributed by atoms with van der Waals surface area (Å²) in [4.78, 5) is 36.6. The lowest BCUT2D eigenvalue weighted by Gasteiger charge is -2.26. The number of fused-ring (bicyclic) bond motifs is 1. The number of rotatable bonds is 3. The summed E-state index contributed by atoms with van der Waals surface area (Å²) in [5, 5.41) is 9.11. The third-order valence-electron chi connectivity index (χ3n) is 3.79. The molecule has 0 aromatic heterocycles. The third-order valence-corrected chi connectivity index (χ3v) is 3.79. The monoisotopic (exact) mass is 275 g/mol. The molecule has 1 amide bonds. The number of benzene rings is 1. The summed E-state index contributed by atoms with van der Waals surface area (Å²) in [6.45, 7) is 2.79. The maximum atomic E-state index is 12.3. The predicted molar refractivity (Wildman–Crippen MR) is 73.9 cm³/mol. The zero-order valence-electron chi connectivity index (χ0n) is 11.8. The average Bonchev–Trinajstić information content (AvgIpc) is 2.41. The zero-order valence-corrected chi connectivity index (χ0v) is 11.8. The van der Waals surface area contributed by atoms with Crippen molar-refractivity contribution in [3.8, 4) is 0 Å². The molecule has 0 bridgehead atoms. The Hall–Kier alpha value is -2.17. The second kappa shape index (κ2) is 4.74. The predicted octanol–water partition coefficient (Wildman–Crippen LogP) is 1.89. The van der Waals surface area contributed by atoms with Crippen LogP contribution in [0.2, 0.25) is 0 Å². The molecule has 1 N–H and O–H groups in total. The van der Waals surface area contributed by atoms with Crippen LogP contribution in [0.5, 0.6) is 0 Å². The number of carbonyl (C=O) groups is 3. The van der Waals surface area contributed by atoms with Crippen LogP contribution in [0.15, 0.2) is 18.2 Å². The summed E-state index contributed by atoms with van der Waals surface area (Å²) in [6.07, 6.45) is 0.983. The van der Waals surface area contributed by atoms with Crippen LogP contribution in [0.1, 0.15) is 36.2 Å². The van der Waals surface area contributed by atoms with Crippen LogP contribution in [0.4, 0.5) is 5.69 Å². The van der Waals surface area contributed by atoms with Gasteiger partial charge in [-0.3, -0.25) is 14.4 Å². The standard InChI is InChI=1S/C15H17NO4/c1-15(2,14(19)20)13(18)10-4-6-11-9(8-10)5-7-12(17)16(11)3/h4,6,8H,5,7H2,1-3H3,(H,19,20). The van der Waals surface area contributed by atoms with Crippen LogP contribution >= 0.6 is 0 Å². The summed E-state index contributed by atoms with van der Waals surface area (Å²) in [6, 6.07) is 4.99. The topological polar surface area (TPSA) is 74.7 Å². The second-order valence-electron chi connectivity index (χ2n) is 5.56. The highest BCUT2D eigenvalue weighted by Gasteiger charge is 2.37. The number of amides is 1. The van der Waals surface area contributed by atoms with E-state index in [0.717, 1.165) is 11.3 Å². The molecule has 106 valence electrons. The number of nitrogens with zero attached hydrogens (tertiary/aromatic N) is 1. The summed E-state index contributed by atoms with van der Waals surface area (Å²) < 4.78 is 0. The highest BCUT2D eigenvalue weighted by atomic mass is 16.4. The summed E-state index contributed by atoms with van der Waals surface area (Å²) in [5.74, 6) is -1.53. The van der Waals surface area contributed by atoms with E-state index in [1.54, 1.807) is 30.1 Å². The Morgan fingerprint density at radius 2 is 1.90 bits per heavy atom. The Morgan fingerprint density at radius 1 is 1.25 bits per heavy atom. The molecule has 0 unspecified atom stereocenters. The van der Waals surface area contributed by atoms with Crippen molar-refractivity contribution >= 4 is 23.3 Å². The van der Waals surface area contributed by atoms with E-state index in [1.165, 1.54) is 13.8 Å². The van der Waals surface area contributed by atoms with Crippen molar-refractivity contribution in [2.75, 3.05) is 11.9 Å². The molecule has 0 saturated heterocycles. The lowest BCUT2D eigenvalue weighted by Crippen LogP contribution is -2.34. The number of aryl methyl sites for hydroxylation is 1. The number of carbonyl (C=O) groups excluding carboxylic acids is 2. The van der Waals surface area contributed by atoms with E-state index in [0.29, 0.717) is 18.4 Å². The maximum Gasteiger partial charge on any atom is 0.316 e. The first kappa shape index (κ1) is 14.2. The molecule has 20 heavy (non-hydrogen) atoms. The van der Waals surface area contributed by atoms with Gasteiger partial charge in [-0.1, -0.05) is 0 Å². The maximum absolute atomic E-state index is 12.3. The van der Waals surface area contributed by atoms with Gasteiger partial charge in [0.25, 0.3) is 0 Å². The van der Waals surface area contributed by atoms with Crippen molar-refractivity contribution in [2.24, 2.45) is 5.41 Å². The van der Waals surface area contributed by atoms with Crippen LogP contribution < -0.4 is 4.90 Å². The zero-order chi connectivity index (χ0) is 15.1. The van der Waals surface area contributed by atoms with Crippen molar-refractivity contribution in [1.82, 2.24) is 0 Å². The highest BCUT2D eigenvalue weighted by Crippen LogP contribution is 2.30. The summed E-state index contributed by atoms with van der Waals surface area (Å²) in [5.41, 5.74) is 0.605. The molecule has 1 aliphatic heterocycles. The molecule has 0 radical (unpaired) electrons.